The average Bonchev–Trinajstić information content (AvgIpc) is 3.37. The van der Waals surface area contributed by atoms with E-state index >= 15 is 0 Å². The Morgan fingerprint density at radius 2 is 1.85 bits per heavy atom. The number of imide groups is 1. The van der Waals surface area contributed by atoms with Crippen LogP contribution >= 0.6 is 11.6 Å². The SMILES string of the molecule is Cc1ccc2c(c1C)NC(=O)[C@@]21N[C@@H](CCC(N)=O)[C@H]2C(=O)N(Cc3ccccc3Cl)C(=O)[C@@H]21. The lowest BCUT2D eigenvalue weighted by Crippen LogP contribution is -2.53. The van der Waals surface area contributed by atoms with E-state index in [0.717, 1.165) is 11.1 Å². The fourth-order valence-corrected chi connectivity index (χ4v) is 5.87. The van der Waals surface area contributed by atoms with Crippen LogP contribution in [0.2, 0.25) is 5.02 Å². The summed E-state index contributed by atoms with van der Waals surface area (Å²) in [6.07, 6.45) is 0.273. The van der Waals surface area contributed by atoms with Crippen LogP contribution in [0.25, 0.3) is 0 Å². The van der Waals surface area contributed by atoms with Gasteiger partial charge in [-0.05, 0) is 43.0 Å². The van der Waals surface area contributed by atoms with Gasteiger partial charge >= 0.3 is 0 Å². The van der Waals surface area contributed by atoms with E-state index in [9.17, 15) is 19.2 Å². The summed E-state index contributed by atoms with van der Waals surface area (Å²) in [5.74, 6) is -3.42. The van der Waals surface area contributed by atoms with Crippen molar-refractivity contribution in [3.05, 3.63) is 63.7 Å². The number of amides is 4. The largest absolute Gasteiger partial charge is 0.370 e. The third-order valence-corrected chi connectivity index (χ3v) is 7.87. The molecule has 2 aromatic carbocycles. The van der Waals surface area contributed by atoms with Crippen molar-refractivity contribution >= 4 is 40.9 Å². The van der Waals surface area contributed by atoms with Gasteiger partial charge in [-0.1, -0.05) is 41.9 Å². The number of carbonyl (C=O) groups is 4. The molecule has 0 bridgehead atoms. The number of nitrogens with zero attached hydrogens (tertiary/aromatic N) is 1. The Hall–Kier alpha value is -3.23. The second kappa shape index (κ2) is 7.92. The lowest BCUT2D eigenvalue weighted by atomic mass is 9.76. The number of hydrogen-bond acceptors (Lipinski definition) is 5. The van der Waals surface area contributed by atoms with Crippen LogP contribution in [-0.4, -0.2) is 34.6 Å². The quantitative estimate of drug-likeness (QED) is 0.566. The van der Waals surface area contributed by atoms with E-state index in [-0.39, 0.29) is 31.2 Å². The predicted octanol–water partition coefficient (Wildman–Crippen LogP) is 2.14. The van der Waals surface area contributed by atoms with Crippen molar-refractivity contribution in [3.8, 4) is 0 Å². The normalized spacial score (nSPS) is 27.3. The van der Waals surface area contributed by atoms with Crippen molar-refractivity contribution < 1.29 is 19.2 Å². The molecule has 0 aromatic heterocycles. The first-order valence-electron chi connectivity index (χ1n) is 11.2. The van der Waals surface area contributed by atoms with Gasteiger partial charge in [0.2, 0.25) is 23.6 Å². The van der Waals surface area contributed by atoms with Gasteiger partial charge < -0.3 is 11.1 Å². The van der Waals surface area contributed by atoms with Gasteiger partial charge in [-0.25, -0.2) is 0 Å². The van der Waals surface area contributed by atoms with Crippen molar-refractivity contribution in [1.82, 2.24) is 10.2 Å². The Bertz CT molecular complexity index is 1260. The van der Waals surface area contributed by atoms with Crippen LogP contribution in [0.3, 0.4) is 0 Å². The van der Waals surface area contributed by atoms with Gasteiger partial charge in [0, 0.05) is 28.7 Å². The smallest absolute Gasteiger partial charge is 0.250 e. The summed E-state index contributed by atoms with van der Waals surface area (Å²) < 4.78 is 0. The highest BCUT2D eigenvalue weighted by atomic mass is 35.5. The molecule has 0 unspecified atom stereocenters. The standard InChI is InChI=1S/C25H25ClN4O4/c1-12-7-8-15-21(13(12)2)28-24(34)25(15)20-19(17(29-25)9-10-18(27)31)22(32)30(23(20)33)11-14-5-3-4-6-16(14)26/h3-8,17,19-20,29H,9-11H2,1-2H3,(H2,27,31)(H,28,34)/t17-,19+,20+,25+/m0/s1. The Labute approximate surface area is 201 Å². The molecule has 3 heterocycles. The highest BCUT2D eigenvalue weighted by molar-refractivity contribution is 6.31. The molecule has 0 aliphatic carbocycles. The highest BCUT2D eigenvalue weighted by Crippen LogP contribution is 2.54. The molecule has 176 valence electrons. The second-order valence-electron chi connectivity index (χ2n) is 9.31. The molecular formula is C25H25ClN4O4. The Morgan fingerprint density at radius 1 is 1.12 bits per heavy atom. The van der Waals surface area contributed by atoms with E-state index in [2.05, 4.69) is 10.6 Å². The molecule has 1 spiro atoms. The van der Waals surface area contributed by atoms with E-state index < -0.39 is 35.2 Å². The van der Waals surface area contributed by atoms with Crippen LogP contribution in [0.5, 0.6) is 0 Å². The van der Waals surface area contributed by atoms with Crippen LogP contribution in [0, 0.1) is 25.7 Å². The molecule has 9 heteroatoms. The molecule has 3 aliphatic rings. The summed E-state index contributed by atoms with van der Waals surface area (Å²) in [6.45, 7) is 3.88. The Morgan fingerprint density at radius 3 is 2.56 bits per heavy atom. The minimum absolute atomic E-state index is 0.0182. The van der Waals surface area contributed by atoms with Crippen LogP contribution in [-0.2, 0) is 31.3 Å². The first-order valence-corrected chi connectivity index (χ1v) is 11.6. The van der Waals surface area contributed by atoms with E-state index in [0.29, 0.717) is 21.8 Å². The summed E-state index contributed by atoms with van der Waals surface area (Å²) in [7, 11) is 0. The van der Waals surface area contributed by atoms with Gasteiger partial charge in [-0.15, -0.1) is 0 Å². The summed E-state index contributed by atoms with van der Waals surface area (Å²) in [5, 5.41) is 6.72. The zero-order valence-corrected chi connectivity index (χ0v) is 19.6. The molecule has 34 heavy (non-hydrogen) atoms. The van der Waals surface area contributed by atoms with Crippen LogP contribution in [0.4, 0.5) is 5.69 Å². The number of nitrogens with one attached hydrogen (secondary N) is 2. The summed E-state index contributed by atoms with van der Waals surface area (Å²) in [6, 6.07) is 10.2. The third kappa shape index (κ3) is 3.09. The number of benzene rings is 2. The fraction of sp³-hybridized carbons (Fsp3) is 0.360. The molecule has 2 aromatic rings. The van der Waals surface area contributed by atoms with Crippen LogP contribution in [0.15, 0.2) is 36.4 Å². The van der Waals surface area contributed by atoms with Gasteiger partial charge in [0.05, 0.1) is 18.4 Å². The van der Waals surface area contributed by atoms with Crippen LogP contribution < -0.4 is 16.4 Å². The minimum Gasteiger partial charge on any atom is -0.370 e. The van der Waals surface area contributed by atoms with E-state index in [4.69, 9.17) is 17.3 Å². The minimum atomic E-state index is -1.40. The van der Waals surface area contributed by atoms with Gasteiger partial charge in [0.1, 0.15) is 5.54 Å². The molecule has 0 radical (unpaired) electrons. The number of halogens is 1. The number of aryl methyl sites for hydroxylation is 1. The number of nitrogens with two attached hydrogens (primary N) is 1. The maximum absolute atomic E-state index is 13.8. The number of anilines is 1. The topological polar surface area (TPSA) is 122 Å². The van der Waals surface area contributed by atoms with Crippen molar-refractivity contribution in [1.29, 1.82) is 0 Å². The maximum Gasteiger partial charge on any atom is 0.250 e. The summed E-state index contributed by atoms with van der Waals surface area (Å²) >= 11 is 6.30. The molecule has 4 amide bonds. The van der Waals surface area contributed by atoms with E-state index in [1.54, 1.807) is 24.3 Å². The lowest BCUT2D eigenvalue weighted by molar-refractivity contribution is -0.143. The van der Waals surface area contributed by atoms with Gasteiger partial charge in [0.15, 0.2) is 0 Å². The number of rotatable bonds is 5. The average molecular weight is 481 g/mol. The molecular weight excluding hydrogens is 456 g/mol. The highest BCUT2D eigenvalue weighted by Gasteiger charge is 2.70. The molecule has 5 rings (SSSR count). The van der Waals surface area contributed by atoms with Crippen molar-refractivity contribution in [2.45, 2.75) is 44.8 Å². The second-order valence-corrected chi connectivity index (χ2v) is 9.71. The van der Waals surface area contributed by atoms with Crippen LogP contribution in [0.1, 0.15) is 35.1 Å². The number of hydrogen-bond donors (Lipinski definition) is 3. The summed E-state index contributed by atoms with van der Waals surface area (Å²) in [4.78, 5) is 53.7. The lowest BCUT2D eigenvalue weighted by Gasteiger charge is -2.29. The third-order valence-electron chi connectivity index (χ3n) is 7.50. The Kier molecular flexibility index (Phi) is 5.26. The molecule has 3 aliphatic heterocycles. The predicted molar refractivity (Wildman–Crippen MR) is 126 cm³/mol. The zero-order valence-electron chi connectivity index (χ0n) is 18.9. The molecule has 8 nitrogen and oxygen atoms in total. The van der Waals surface area contributed by atoms with E-state index in [1.165, 1.54) is 4.90 Å². The van der Waals surface area contributed by atoms with E-state index in [1.807, 2.05) is 26.0 Å². The first-order chi connectivity index (χ1) is 16.2. The van der Waals surface area contributed by atoms with Crippen molar-refractivity contribution in [3.63, 3.8) is 0 Å². The van der Waals surface area contributed by atoms with Gasteiger partial charge in [-0.3, -0.25) is 29.4 Å². The Balaban J connectivity index is 1.61. The van der Waals surface area contributed by atoms with Gasteiger partial charge in [0.25, 0.3) is 0 Å². The fourth-order valence-electron chi connectivity index (χ4n) is 5.68. The molecule has 4 N–H and O–H groups in total. The molecule has 2 fully saturated rings. The number of fused-ring (bicyclic) bond motifs is 4. The monoisotopic (exact) mass is 480 g/mol. The molecule has 2 saturated heterocycles. The molecule has 0 saturated carbocycles. The number of carbonyl (C=O) groups excluding carboxylic acids is 4. The number of likely N-dealkylation sites (tertiary alicyclic amines) is 1. The summed E-state index contributed by atoms with van der Waals surface area (Å²) in [5.41, 5.74) is 7.85. The zero-order chi connectivity index (χ0) is 24.4. The molecule has 4 atom stereocenters. The van der Waals surface area contributed by atoms with Gasteiger partial charge in [-0.2, -0.15) is 0 Å². The first kappa shape index (κ1) is 22.6. The maximum atomic E-state index is 13.8. The number of primary amides is 1. The van der Waals surface area contributed by atoms with Crippen molar-refractivity contribution in [2.24, 2.45) is 17.6 Å². The van der Waals surface area contributed by atoms with Crippen molar-refractivity contribution in [2.75, 3.05) is 5.32 Å².